The van der Waals surface area contributed by atoms with Crippen molar-refractivity contribution in [1.82, 2.24) is 0 Å². The van der Waals surface area contributed by atoms with E-state index in [9.17, 15) is 9.59 Å². The molecule has 0 unspecified atom stereocenters. The smallest absolute Gasteiger partial charge is 0.262 e. The van der Waals surface area contributed by atoms with Gasteiger partial charge in [0.25, 0.3) is 5.91 Å². The number of benzene rings is 3. The standard InChI is InChI=1S/C30H31NO9/c1-7-17-10-8-9-11-20(17)31-25(32)16-39-30-27(33)26-21(35-3)14-19(34-2)15-22(26)40-28(30)18-12-23(36-4)29(38-6)24(13-18)37-5/h8-15H,7,16H2,1-6H3,(H,31,32). The molecule has 210 valence electrons. The molecule has 0 fully saturated rings. The zero-order valence-corrected chi connectivity index (χ0v) is 23.2. The number of fused-ring (bicyclic) bond motifs is 1. The SMILES string of the molecule is CCc1ccccc1NC(=O)COc1c(-c2cc(OC)c(OC)c(OC)c2)oc2cc(OC)cc(OC)c2c1=O. The van der Waals surface area contributed by atoms with Crippen molar-refractivity contribution >= 4 is 22.6 Å². The molecule has 0 aliphatic heterocycles. The van der Waals surface area contributed by atoms with Crippen LogP contribution in [0.3, 0.4) is 0 Å². The van der Waals surface area contributed by atoms with Crippen LogP contribution < -0.4 is 39.2 Å². The first kappa shape index (κ1) is 28.2. The van der Waals surface area contributed by atoms with Crippen LogP contribution in [0.4, 0.5) is 5.69 Å². The molecule has 0 aliphatic carbocycles. The molecule has 4 aromatic rings. The number of hydrogen-bond acceptors (Lipinski definition) is 9. The summed E-state index contributed by atoms with van der Waals surface area (Å²) in [7, 11) is 7.36. The van der Waals surface area contributed by atoms with Gasteiger partial charge in [-0.05, 0) is 30.2 Å². The molecule has 0 bridgehead atoms. The summed E-state index contributed by atoms with van der Waals surface area (Å²) >= 11 is 0. The van der Waals surface area contributed by atoms with E-state index in [1.807, 2.05) is 25.1 Å². The topological polar surface area (TPSA) is 115 Å². The van der Waals surface area contributed by atoms with Gasteiger partial charge in [-0.3, -0.25) is 9.59 Å². The van der Waals surface area contributed by atoms with Crippen LogP contribution in [0.5, 0.6) is 34.5 Å². The number of amides is 1. The van der Waals surface area contributed by atoms with Gasteiger partial charge in [0.05, 0.1) is 35.5 Å². The van der Waals surface area contributed by atoms with Crippen LogP contribution in [0.15, 0.2) is 57.7 Å². The van der Waals surface area contributed by atoms with Gasteiger partial charge in [0.15, 0.2) is 23.9 Å². The second-order valence-corrected chi connectivity index (χ2v) is 8.55. The van der Waals surface area contributed by atoms with E-state index in [-0.39, 0.29) is 28.2 Å². The van der Waals surface area contributed by atoms with Gasteiger partial charge < -0.3 is 38.2 Å². The Balaban J connectivity index is 1.86. The Morgan fingerprint density at radius 2 is 1.50 bits per heavy atom. The third-order valence-electron chi connectivity index (χ3n) is 6.29. The summed E-state index contributed by atoms with van der Waals surface area (Å²) in [6.45, 7) is 1.54. The number of nitrogens with one attached hydrogen (secondary N) is 1. The fourth-order valence-electron chi connectivity index (χ4n) is 4.33. The van der Waals surface area contributed by atoms with Gasteiger partial charge in [0, 0.05) is 23.4 Å². The van der Waals surface area contributed by atoms with Crippen LogP contribution in [0, 0.1) is 0 Å². The van der Waals surface area contributed by atoms with Gasteiger partial charge in [-0.15, -0.1) is 0 Å². The molecule has 1 N–H and O–H groups in total. The molecule has 0 atom stereocenters. The number of methoxy groups -OCH3 is 5. The Kier molecular flexibility index (Phi) is 8.68. The molecule has 3 aromatic carbocycles. The lowest BCUT2D eigenvalue weighted by molar-refractivity contribution is -0.118. The first-order valence-electron chi connectivity index (χ1n) is 12.4. The Hall–Kier alpha value is -4.86. The van der Waals surface area contributed by atoms with Crippen molar-refractivity contribution in [3.8, 4) is 45.8 Å². The highest BCUT2D eigenvalue weighted by molar-refractivity contribution is 5.93. The number of carbonyl (C=O) groups is 1. The lowest BCUT2D eigenvalue weighted by Crippen LogP contribution is -2.23. The number of rotatable bonds is 11. The fraction of sp³-hybridized carbons (Fsp3) is 0.267. The van der Waals surface area contributed by atoms with Crippen molar-refractivity contribution in [2.24, 2.45) is 0 Å². The zero-order chi connectivity index (χ0) is 28.8. The van der Waals surface area contributed by atoms with Crippen LogP contribution >= 0.6 is 0 Å². The maximum atomic E-state index is 13.9. The van der Waals surface area contributed by atoms with E-state index in [2.05, 4.69) is 5.32 Å². The predicted molar refractivity (Wildman–Crippen MR) is 151 cm³/mol. The normalized spacial score (nSPS) is 10.7. The van der Waals surface area contributed by atoms with Crippen molar-refractivity contribution in [3.63, 3.8) is 0 Å². The summed E-state index contributed by atoms with van der Waals surface area (Å²) in [5, 5.41) is 2.97. The molecule has 4 rings (SSSR count). The summed E-state index contributed by atoms with van der Waals surface area (Å²) in [5.74, 6) is 1.09. The predicted octanol–water partition coefficient (Wildman–Crippen LogP) is 5.08. The molecule has 0 aliphatic rings. The van der Waals surface area contributed by atoms with Crippen LogP contribution in [0.2, 0.25) is 0 Å². The highest BCUT2D eigenvalue weighted by atomic mass is 16.5. The van der Waals surface area contributed by atoms with E-state index < -0.39 is 17.9 Å². The minimum Gasteiger partial charge on any atom is -0.496 e. The van der Waals surface area contributed by atoms with Crippen molar-refractivity contribution in [2.45, 2.75) is 13.3 Å². The quantitative estimate of drug-likeness (QED) is 0.273. The second-order valence-electron chi connectivity index (χ2n) is 8.55. The van der Waals surface area contributed by atoms with E-state index in [1.165, 1.54) is 35.5 Å². The van der Waals surface area contributed by atoms with Crippen LogP contribution in [0.1, 0.15) is 12.5 Å². The van der Waals surface area contributed by atoms with Gasteiger partial charge >= 0.3 is 0 Å². The molecule has 1 heterocycles. The lowest BCUT2D eigenvalue weighted by Gasteiger charge is -2.17. The maximum Gasteiger partial charge on any atom is 0.262 e. The fourth-order valence-corrected chi connectivity index (χ4v) is 4.33. The van der Waals surface area contributed by atoms with Crippen molar-refractivity contribution in [1.29, 1.82) is 0 Å². The average molecular weight is 550 g/mol. The minimum atomic E-state index is -0.536. The van der Waals surface area contributed by atoms with E-state index in [0.717, 1.165) is 12.0 Å². The number of ether oxygens (including phenoxy) is 6. The summed E-state index contributed by atoms with van der Waals surface area (Å²) in [5.41, 5.74) is 1.69. The molecule has 1 amide bonds. The van der Waals surface area contributed by atoms with E-state index >= 15 is 0 Å². The summed E-state index contributed by atoms with van der Waals surface area (Å²) in [6.07, 6.45) is 0.736. The molecular formula is C30H31NO9. The number of aryl methyl sites for hydroxylation is 1. The first-order chi connectivity index (χ1) is 19.4. The molecule has 10 nitrogen and oxygen atoms in total. The zero-order valence-electron chi connectivity index (χ0n) is 23.2. The average Bonchev–Trinajstić information content (AvgIpc) is 2.99. The van der Waals surface area contributed by atoms with Crippen molar-refractivity contribution < 1.29 is 37.6 Å². The highest BCUT2D eigenvalue weighted by Crippen LogP contribution is 2.44. The Morgan fingerprint density at radius 1 is 0.825 bits per heavy atom. The first-order valence-corrected chi connectivity index (χ1v) is 12.4. The largest absolute Gasteiger partial charge is 0.496 e. The van der Waals surface area contributed by atoms with Gasteiger partial charge in [0.1, 0.15) is 22.5 Å². The summed E-state index contributed by atoms with van der Waals surface area (Å²) < 4.78 is 39.3. The van der Waals surface area contributed by atoms with E-state index in [1.54, 1.807) is 30.3 Å². The minimum absolute atomic E-state index is 0.0498. The Labute approximate surface area is 231 Å². The Morgan fingerprint density at radius 3 is 2.10 bits per heavy atom. The second kappa shape index (κ2) is 12.3. The van der Waals surface area contributed by atoms with Crippen LogP contribution in [-0.4, -0.2) is 48.1 Å². The number of hydrogen-bond donors (Lipinski definition) is 1. The van der Waals surface area contributed by atoms with Crippen molar-refractivity contribution in [2.75, 3.05) is 47.5 Å². The van der Waals surface area contributed by atoms with Gasteiger partial charge in [-0.2, -0.15) is 0 Å². The number of anilines is 1. The monoisotopic (exact) mass is 549 g/mol. The van der Waals surface area contributed by atoms with E-state index in [0.29, 0.717) is 34.2 Å². The Bertz CT molecular complexity index is 1570. The lowest BCUT2D eigenvalue weighted by atomic mass is 10.1. The third-order valence-corrected chi connectivity index (χ3v) is 6.29. The molecule has 0 saturated heterocycles. The molecule has 40 heavy (non-hydrogen) atoms. The molecule has 0 radical (unpaired) electrons. The number of carbonyl (C=O) groups excluding carboxylic acids is 1. The third kappa shape index (κ3) is 5.47. The van der Waals surface area contributed by atoms with Crippen molar-refractivity contribution in [3.05, 3.63) is 64.3 Å². The molecule has 0 spiro atoms. The number of para-hydroxylation sites is 1. The highest BCUT2D eigenvalue weighted by Gasteiger charge is 2.25. The van der Waals surface area contributed by atoms with Gasteiger partial charge in [-0.25, -0.2) is 0 Å². The molecular weight excluding hydrogens is 518 g/mol. The van der Waals surface area contributed by atoms with Gasteiger partial charge in [-0.1, -0.05) is 25.1 Å². The molecule has 10 heteroatoms. The summed E-state index contributed by atoms with van der Waals surface area (Å²) in [4.78, 5) is 26.8. The molecule has 1 aromatic heterocycles. The van der Waals surface area contributed by atoms with Gasteiger partial charge in [0.2, 0.25) is 16.9 Å². The maximum absolute atomic E-state index is 13.9. The van der Waals surface area contributed by atoms with Crippen LogP contribution in [0.25, 0.3) is 22.3 Å². The van der Waals surface area contributed by atoms with E-state index in [4.69, 9.17) is 32.8 Å². The summed E-state index contributed by atoms with van der Waals surface area (Å²) in [6, 6.07) is 13.8. The van der Waals surface area contributed by atoms with Crippen LogP contribution in [-0.2, 0) is 11.2 Å². The molecule has 0 saturated carbocycles.